The summed E-state index contributed by atoms with van der Waals surface area (Å²) in [5, 5.41) is 13.6. The van der Waals surface area contributed by atoms with Gasteiger partial charge in [-0.3, -0.25) is 4.98 Å². The Labute approximate surface area is 141 Å². The number of hydrogen-bond acceptors (Lipinski definition) is 6. The summed E-state index contributed by atoms with van der Waals surface area (Å²) in [6.07, 6.45) is 6.94. The van der Waals surface area contributed by atoms with Crippen LogP contribution in [0.4, 0.5) is 0 Å². The van der Waals surface area contributed by atoms with E-state index < -0.39 is 0 Å². The van der Waals surface area contributed by atoms with E-state index in [1.165, 1.54) is 0 Å². The summed E-state index contributed by atoms with van der Waals surface area (Å²) in [4.78, 5) is 13.3. The minimum Gasteiger partial charge on any atom is -0.256 e. The number of pyridine rings is 1. The van der Waals surface area contributed by atoms with Gasteiger partial charge in [-0.25, -0.2) is 19.3 Å². The van der Waals surface area contributed by atoms with E-state index in [1.54, 1.807) is 28.0 Å². The molecule has 8 heteroatoms. The molecular formula is C17H12N8. The fourth-order valence-corrected chi connectivity index (χ4v) is 2.76. The molecule has 0 spiro atoms. The molecule has 0 unspecified atom stereocenters. The third-order valence-electron chi connectivity index (χ3n) is 3.95. The Morgan fingerprint density at radius 1 is 1.00 bits per heavy atom. The highest BCUT2D eigenvalue weighted by Gasteiger charge is 2.10. The molecule has 0 aliphatic heterocycles. The predicted molar refractivity (Wildman–Crippen MR) is 91.1 cm³/mol. The number of benzene rings is 1. The zero-order chi connectivity index (χ0) is 16.6. The molecule has 25 heavy (non-hydrogen) atoms. The van der Waals surface area contributed by atoms with E-state index in [1.807, 2.05) is 36.5 Å². The predicted octanol–water partition coefficient (Wildman–Crippen LogP) is 2.00. The van der Waals surface area contributed by atoms with Gasteiger partial charge in [0.25, 0.3) is 0 Å². The van der Waals surface area contributed by atoms with Gasteiger partial charge in [0.05, 0.1) is 18.3 Å². The summed E-state index contributed by atoms with van der Waals surface area (Å²) in [6, 6.07) is 11.9. The maximum atomic E-state index is 4.60. The first kappa shape index (κ1) is 13.7. The fourth-order valence-electron chi connectivity index (χ4n) is 2.76. The minimum absolute atomic E-state index is 0.512. The van der Waals surface area contributed by atoms with Crippen molar-refractivity contribution in [2.75, 3.05) is 0 Å². The van der Waals surface area contributed by atoms with Crippen molar-refractivity contribution in [2.24, 2.45) is 0 Å². The molecule has 0 saturated carbocycles. The van der Waals surface area contributed by atoms with Gasteiger partial charge in [0, 0.05) is 24.0 Å². The molecule has 0 aliphatic rings. The Balaban J connectivity index is 1.56. The lowest BCUT2D eigenvalue weighted by atomic mass is 10.1. The average Bonchev–Trinajstić information content (AvgIpc) is 3.32. The summed E-state index contributed by atoms with van der Waals surface area (Å²) in [5.74, 6) is 0.628. The molecule has 0 fully saturated rings. The zero-order valence-electron chi connectivity index (χ0n) is 13.1. The van der Waals surface area contributed by atoms with Crippen LogP contribution in [0.15, 0.2) is 61.2 Å². The van der Waals surface area contributed by atoms with Gasteiger partial charge in [-0.15, -0.1) is 5.10 Å². The zero-order valence-corrected chi connectivity index (χ0v) is 13.1. The lowest BCUT2D eigenvalue weighted by molar-refractivity contribution is 0.663. The second kappa shape index (κ2) is 5.45. The Bertz CT molecular complexity index is 1180. The summed E-state index contributed by atoms with van der Waals surface area (Å²) in [5.41, 5.74) is 3.20. The van der Waals surface area contributed by atoms with Crippen molar-refractivity contribution in [3.8, 4) is 5.82 Å². The van der Waals surface area contributed by atoms with E-state index >= 15 is 0 Å². The van der Waals surface area contributed by atoms with Crippen molar-refractivity contribution in [1.29, 1.82) is 0 Å². The van der Waals surface area contributed by atoms with Crippen LogP contribution in [0.25, 0.3) is 28.0 Å². The molecule has 120 valence electrons. The Hall–Kier alpha value is -3.68. The van der Waals surface area contributed by atoms with Crippen LogP contribution in [-0.2, 0) is 6.54 Å². The van der Waals surface area contributed by atoms with Crippen LogP contribution in [0.3, 0.4) is 0 Å². The second-order valence-corrected chi connectivity index (χ2v) is 5.60. The molecule has 0 N–H and O–H groups in total. The quantitative estimate of drug-likeness (QED) is 0.503. The second-order valence-electron chi connectivity index (χ2n) is 5.60. The molecule has 0 radical (unpaired) electrons. The van der Waals surface area contributed by atoms with Crippen LogP contribution in [0.5, 0.6) is 0 Å². The average molecular weight is 328 g/mol. The standard InChI is InChI=1S/C17H12N8/c1-3-13-9-12(4-5-14(13)18-6-1)11-25-17-16(22-23-25)19-10-15(21-17)24-8-2-7-20-24/h1-10H,11H2. The maximum absolute atomic E-state index is 4.60. The van der Waals surface area contributed by atoms with Gasteiger partial charge >= 0.3 is 0 Å². The smallest absolute Gasteiger partial charge is 0.221 e. The molecule has 0 saturated heterocycles. The Morgan fingerprint density at radius 2 is 2.00 bits per heavy atom. The van der Waals surface area contributed by atoms with Gasteiger partial charge in [0.15, 0.2) is 11.5 Å². The van der Waals surface area contributed by atoms with E-state index in [-0.39, 0.29) is 0 Å². The topological polar surface area (TPSA) is 87.2 Å². The number of aromatic nitrogens is 8. The van der Waals surface area contributed by atoms with E-state index in [2.05, 4.69) is 36.4 Å². The monoisotopic (exact) mass is 328 g/mol. The van der Waals surface area contributed by atoms with Crippen LogP contribution in [0.1, 0.15) is 5.56 Å². The molecular weight excluding hydrogens is 316 g/mol. The molecule has 5 aromatic rings. The molecule has 1 aromatic carbocycles. The van der Waals surface area contributed by atoms with Crippen molar-refractivity contribution in [2.45, 2.75) is 6.54 Å². The van der Waals surface area contributed by atoms with E-state index in [0.717, 1.165) is 16.5 Å². The minimum atomic E-state index is 0.512. The first-order chi connectivity index (χ1) is 12.4. The number of rotatable bonds is 3. The van der Waals surface area contributed by atoms with Crippen LogP contribution >= 0.6 is 0 Å². The maximum Gasteiger partial charge on any atom is 0.221 e. The van der Waals surface area contributed by atoms with Crippen LogP contribution in [0.2, 0.25) is 0 Å². The molecule has 4 aromatic heterocycles. The molecule has 0 atom stereocenters. The van der Waals surface area contributed by atoms with Gasteiger partial charge in [-0.05, 0) is 29.8 Å². The Kier molecular flexibility index (Phi) is 2.99. The van der Waals surface area contributed by atoms with Crippen LogP contribution in [-0.4, -0.2) is 39.7 Å². The lowest BCUT2D eigenvalue weighted by Crippen LogP contribution is -2.05. The summed E-state index contributed by atoms with van der Waals surface area (Å²) < 4.78 is 3.40. The fraction of sp³-hybridized carbons (Fsp3) is 0.0588. The summed E-state index contributed by atoms with van der Waals surface area (Å²) in [7, 11) is 0. The SMILES string of the molecule is c1cnc2ccc(Cn3nnc4ncc(-n5cccn5)nc43)cc2c1. The molecule has 4 heterocycles. The highest BCUT2D eigenvalue weighted by molar-refractivity contribution is 5.79. The van der Waals surface area contributed by atoms with Gasteiger partial charge in [0.2, 0.25) is 5.65 Å². The molecule has 0 bridgehead atoms. The Morgan fingerprint density at radius 3 is 2.92 bits per heavy atom. The third-order valence-corrected chi connectivity index (χ3v) is 3.95. The van der Waals surface area contributed by atoms with Crippen molar-refractivity contribution in [3.63, 3.8) is 0 Å². The molecule has 8 nitrogen and oxygen atoms in total. The van der Waals surface area contributed by atoms with E-state index in [0.29, 0.717) is 23.7 Å². The van der Waals surface area contributed by atoms with E-state index in [4.69, 9.17) is 0 Å². The number of hydrogen-bond donors (Lipinski definition) is 0. The number of fused-ring (bicyclic) bond motifs is 2. The van der Waals surface area contributed by atoms with E-state index in [9.17, 15) is 0 Å². The highest BCUT2D eigenvalue weighted by atomic mass is 15.5. The van der Waals surface area contributed by atoms with Crippen molar-refractivity contribution in [1.82, 2.24) is 39.7 Å². The lowest BCUT2D eigenvalue weighted by Gasteiger charge is -2.05. The normalized spacial score (nSPS) is 11.4. The highest BCUT2D eigenvalue weighted by Crippen LogP contribution is 2.16. The van der Waals surface area contributed by atoms with Crippen molar-refractivity contribution in [3.05, 3.63) is 66.7 Å². The number of nitrogens with zero attached hydrogens (tertiary/aromatic N) is 8. The van der Waals surface area contributed by atoms with Gasteiger partial charge in [0.1, 0.15) is 0 Å². The van der Waals surface area contributed by atoms with Gasteiger partial charge in [-0.2, -0.15) is 5.10 Å². The first-order valence-corrected chi connectivity index (χ1v) is 7.77. The first-order valence-electron chi connectivity index (χ1n) is 7.77. The van der Waals surface area contributed by atoms with Crippen LogP contribution in [0, 0.1) is 0 Å². The van der Waals surface area contributed by atoms with Gasteiger partial charge in [-0.1, -0.05) is 17.3 Å². The molecule has 0 aliphatic carbocycles. The van der Waals surface area contributed by atoms with Gasteiger partial charge < -0.3 is 0 Å². The summed E-state index contributed by atoms with van der Waals surface area (Å²) >= 11 is 0. The summed E-state index contributed by atoms with van der Waals surface area (Å²) in [6.45, 7) is 0.554. The van der Waals surface area contributed by atoms with Crippen molar-refractivity contribution >= 4 is 22.2 Å². The molecule has 0 amide bonds. The van der Waals surface area contributed by atoms with Crippen molar-refractivity contribution < 1.29 is 0 Å². The largest absolute Gasteiger partial charge is 0.256 e. The third kappa shape index (κ3) is 2.40. The van der Waals surface area contributed by atoms with Crippen LogP contribution < -0.4 is 0 Å². The molecule has 5 rings (SSSR count).